The molecule has 1 amide bonds. The van der Waals surface area contributed by atoms with Gasteiger partial charge in [0.15, 0.2) is 6.61 Å². The van der Waals surface area contributed by atoms with Crippen LogP contribution in [0.3, 0.4) is 0 Å². The van der Waals surface area contributed by atoms with Crippen molar-refractivity contribution < 1.29 is 17.9 Å². The second kappa shape index (κ2) is 11.1. The topological polar surface area (TPSA) is 84.5 Å². The first kappa shape index (κ1) is 23.9. The summed E-state index contributed by atoms with van der Waals surface area (Å²) < 4.78 is 32.9. The number of sulfonamides is 1. The minimum absolute atomic E-state index is 0.0296. The molecule has 30 heavy (non-hydrogen) atoms. The Morgan fingerprint density at radius 3 is 2.40 bits per heavy atom. The lowest BCUT2D eigenvalue weighted by atomic mass is 10.1. The van der Waals surface area contributed by atoms with Crippen molar-refractivity contribution in [2.24, 2.45) is 5.92 Å². The number of amides is 1. The summed E-state index contributed by atoms with van der Waals surface area (Å²) in [7, 11) is -3.56. The Bertz CT molecular complexity index is 927. The monoisotopic (exact) mass is 432 g/mol. The molecule has 0 saturated carbocycles. The molecule has 0 aromatic heterocycles. The summed E-state index contributed by atoms with van der Waals surface area (Å²) in [5, 5.41) is 2.93. The Balaban J connectivity index is 1.84. The Labute approximate surface area is 180 Å². The van der Waals surface area contributed by atoms with Crippen LogP contribution in [0.2, 0.25) is 0 Å². The molecule has 0 spiro atoms. The summed E-state index contributed by atoms with van der Waals surface area (Å²) >= 11 is 0. The van der Waals surface area contributed by atoms with E-state index in [1.54, 1.807) is 19.1 Å². The SMILES string of the molecule is Cc1cc(S(=O)(=O)NCC(C)C)ccc1OCC(=O)N[C@H](C)CCc1ccccc1. The Kier molecular flexibility index (Phi) is 8.87. The molecule has 0 bridgehead atoms. The molecule has 1 atom stereocenters. The van der Waals surface area contributed by atoms with Crippen molar-refractivity contribution in [1.29, 1.82) is 0 Å². The summed E-state index contributed by atoms with van der Waals surface area (Å²) in [5.74, 6) is 0.507. The van der Waals surface area contributed by atoms with Crippen molar-refractivity contribution in [3.8, 4) is 5.75 Å². The maximum Gasteiger partial charge on any atom is 0.258 e. The number of ether oxygens (including phenoxy) is 1. The molecule has 2 N–H and O–H groups in total. The molecule has 0 fully saturated rings. The van der Waals surface area contributed by atoms with E-state index in [-0.39, 0.29) is 29.4 Å². The summed E-state index contributed by atoms with van der Waals surface area (Å²) in [4.78, 5) is 12.4. The van der Waals surface area contributed by atoms with E-state index in [0.717, 1.165) is 12.8 Å². The maximum atomic E-state index is 12.3. The van der Waals surface area contributed by atoms with Gasteiger partial charge in [-0.05, 0) is 61.9 Å². The highest BCUT2D eigenvalue weighted by molar-refractivity contribution is 7.89. The van der Waals surface area contributed by atoms with Gasteiger partial charge in [0.1, 0.15) is 5.75 Å². The smallest absolute Gasteiger partial charge is 0.258 e. The largest absolute Gasteiger partial charge is 0.484 e. The number of aryl methyl sites for hydroxylation is 2. The molecule has 0 aliphatic rings. The normalized spacial score (nSPS) is 12.6. The highest BCUT2D eigenvalue weighted by Gasteiger charge is 2.16. The highest BCUT2D eigenvalue weighted by atomic mass is 32.2. The van der Waals surface area contributed by atoms with Gasteiger partial charge in [-0.1, -0.05) is 44.2 Å². The predicted octanol–water partition coefficient (Wildman–Crippen LogP) is 3.45. The molecule has 0 unspecified atom stereocenters. The van der Waals surface area contributed by atoms with Gasteiger partial charge in [0.05, 0.1) is 4.90 Å². The minimum atomic E-state index is -3.56. The van der Waals surface area contributed by atoms with E-state index in [1.807, 2.05) is 39.0 Å². The van der Waals surface area contributed by atoms with E-state index in [0.29, 0.717) is 17.9 Å². The van der Waals surface area contributed by atoms with Gasteiger partial charge in [0.2, 0.25) is 10.0 Å². The third-order valence-corrected chi connectivity index (χ3v) is 6.03. The van der Waals surface area contributed by atoms with Crippen LogP contribution < -0.4 is 14.8 Å². The number of carbonyl (C=O) groups is 1. The fourth-order valence-electron chi connectivity index (χ4n) is 2.87. The van der Waals surface area contributed by atoms with Crippen LogP contribution in [0.1, 0.15) is 38.3 Å². The molecule has 0 aliphatic carbocycles. The van der Waals surface area contributed by atoms with Crippen LogP contribution in [0.4, 0.5) is 0 Å². The third-order valence-electron chi connectivity index (χ3n) is 4.61. The van der Waals surface area contributed by atoms with Gasteiger partial charge in [-0.3, -0.25) is 4.79 Å². The second-order valence-corrected chi connectivity index (χ2v) is 9.72. The molecule has 0 radical (unpaired) electrons. The first-order chi connectivity index (χ1) is 14.2. The van der Waals surface area contributed by atoms with Crippen LogP contribution in [0.25, 0.3) is 0 Å². The number of hydrogen-bond acceptors (Lipinski definition) is 4. The molecule has 0 heterocycles. The zero-order chi connectivity index (χ0) is 22.1. The van der Waals surface area contributed by atoms with Crippen molar-refractivity contribution in [3.63, 3.8) is 0 Å². The van der Waals surface area contributed by atoms with Gasteiger partial charge >= 0.3 is 0 Å². The van der Waals surface area contributed by atoms with Crippen molar-refractivity contribution in [3.05, 3.63) is 59.7 Å². The van der Waals surface area contributed by atoms with Crippen molar-refractivity contribution >= 4 is 15.9 Å². The zero-order valence-electron chi connectivity index (χ0n) is 18.1. The summed E-state index contributed by atoms with van der Waals surface area (Å²) in [6.45, 7) is 7.88. The molecule has 2 aromatic carbocycles. The number of benzene rings is 2. The molecule has 0 saturated heterocycles. The van der Waals surface area contributed by atoms with Gasteiger partial charge in [0, 0.05) is 12.6 Å². The van der Waals surface area contributed by atoms with Crippen LogP contribution in [-0.2, 0) is 21.2 Å². The minimum Gasteiger partial charge on any atom is -0.484 e. The Hall–Kier alpha value is -2.38. The predicted molar refractivity (Wildman–Crippen MR) is 119 cm³/mol. The molecular weight excluding hydrogens is 400 g/mol. The van der Waals surface area contributed by atoms with Gasteiger partial charge in [-0.25, -0.2) is 13.1 Å². The van der Waals surface area contributed by atoms with Crippen LogP contribution in [-0.4, -0.2) is 33.5 Å². The molecule has 2 rings (SSSR count). The van der Waals surface area contributed by atoms with Crippen LogP contribution in [0.5, 0.6) is 5.75 Å². The van der Waals surface area contributed by atoms with Gasteiger partial charge in [0.25, 0.3) is 5.91 Å². The molecule has 6 nitrogen and oxygen atoms in total. The zero-order valence-corrected chi connectivity index (χ0v) is 19.0. The Morgan fingerprint density at radius 1 is 1.07 bits per heavy atom. The van der Waals surface area contributed by atoms with Crippen LogP contribution in [0, 0.1) is 12.8 Å². The number of rotatable bonds is 11. The average molecular weight is 433 g/mol. The van der Waals surface area contributed by atoms with Crippen molar-refractivity contribution in [2.75, 3.05) is 13.2 Å². The lowest BCUT2D eigenvalue weighted by molar-refractivity contribution is -0.123. The maximum absolute atomic E-state index is 12.3. The highest BCUT2D eigenvalue weighted by Crippen LogP contribution is 2.22. The average Bonchev–Trinajstić information content (AvgIpc) is 2.70. The molecule has 0 aliphatic heterocycles. The second-order valence-electron chi connectivity index (χ2n) is 7.95. The van der Waals surface area contributed by atoms with Gasteiger partial charge < -0.3 is 10.1 Å². The molecule has 164 valence electrons. The first-order valence-corrected chi connectivity index (χ1v) is 11.7. The molecule has 2 aromatic rings. The molecular formula is C23H32N2O4S. The Morgan fingerprint density at radius 2 is 1.77 bits per heavy atom. The summed E-state index contributed by atoms with van der Waals surface area (Å²) in [6, 6.07) is 14.8. The molecule has 7 heteroatoms. The number of nitrogens with one attached hydrogen (secondary N) is 2. The van der Waals surface area contributed by atoms with E-state index in [4.69, 9.17) is 4.74 Å². The number of carbonyl (C=O) groups excluding carboxylic acids is 1. The van der Waals surface area contributed by atoms with E-state index in [2.05, 4.69) is 22.2 Å². The van der Waals surface area contributed by atoms with Gasteiger partial charge in [-0.2, -0.15) is 0 Å². The van der Waals surface area contributed by atoms with E-state index < -0.39 is 10.0 Å². The van der Waals surface area contributed by atoms with Crippen LogP contribution >= 0.6 is 0 Å². The lowest BCUT2D eigenvalue weighted by Gasteiger charge is -2.15. The fraction of sp³-hybridized carbons (Fsp3) is 0.435. The summed E-state index contributed by atoms with van der Waals surface area (Å²) in [5.41, 5.74) is 1.90. The van der Waals surface area contributed by atoms with Crippen molar-refractivity contribution in [2.45, 2.75) is 51.5 Å². The summed E-state index contributed by atoms with van der Waals surface area (Å²) in [6.07, 6.45) is 1.73. The van der Waals surface area contributed by atoms with E-state index >= 15 is 0 Å². The van der Waals surface area contributed by atoms with E-state index in [1.165, 1.54) is 11.6 Å². The first-order valence-electron chi connectivity index (χ1n) is 10.2. The van der Waals surface area contributed by atoms with Crippen molar-refractivity contribution in [1.82, 2.24) is 10.0 Å². The number of hydrogen-bond donors (Lipinski definition) is 2. The van der Waals surface area contributed by atoms with Gasteiger partial charge in [-0.15, -0.1) is 0 Å². The third kappa shape index (κ3) is 7.80. The van der Waals surface area contributed by atoms with E-state index in [9.17, 15) is 13.2 Å². The van der Waals surface area contributed by atoms with Crippen LogP contribution in [0.15, 0.2) is 53.4 Å². The standard InChI is InChI=1S/C23H32N2O4S/c1-17(2)15-24-30(27,28)21-12-13-22(18(3)14-21)29-16-23(26)25-19(4)10-11-20-8-6-5-7-9-20/h5-9,12-14,17,19,24H,10-11,15-16H2,1-4H3,(H,25,26)/t19-/m1/s1. The quantitative estimate of drug-likeness (QED) is 0.570. The lowest BCUT2D eigenvalue weighted by Crippen LogP contribution is -2.36. The fourth-order valence-corrected chi connectivity index (χ4v) is 4.17.